The van der Waals surface area contributed by atoms with E-state index in [2.05, 4.69) is 31.0 Å². The van der Waals surface area contributed by atoms with Gasteiger partial charge in [-0.3, -0.25) is 29.6 Å². The molecule has 5 saturated heterocycles. The predicted octanol–water partition coefficient (Wildman–Crippen LogP) is 6.94. The highest BCUT2D eigenvalue weighted by Crippen LogP contribution is 2.48. The molecule has 12 rings (SSSR count). The Labute approximate surface area is 460 Å². The molecule has 5 aromatic rings. The number of rotatable bonds is 16. The monoisotopic (exact) mass is 1080 g/mol. The maximum absolute atomic E-state index is 17.4. The Morgan fingerprint density at radius 3 is 2.35 bits per heavy atom. The van der Waals surface area contributed by atoms with E-state index in [1.165, 1.54) is 38.9 Å². The van der Waals surface area contributed by atoms with Gasteiger partial charge in [0.05, 0.1) is 17.6 Å². The lowest BCUT2D eigenvalue weighted by molar-refractivity contribution is -0.136. The average Bonchev–Trinajstić information content (AvgIpc) is 4.30. The SMILES string of the molecule is CCc1c(F)ccc2cc(OCOC)cc(-c3ncc4c(N5CCC[C@@](C)(O)C5)nc(OCC5(CN6CCC(CN7CCC(N8CCN(c9ccc%10c(c9)CN([C@H]9CCC(=O)NC9=O)C%10=O)CC8)CC7)CC6)CC5)nc4c3F)c12. The number of fused-ring (bicyclic) bond motifs is 3. The number of methoxy groups -OCH3 is 1. The quantitative estimate of drug-likeness (QED) is 0.0770. The first kappa shape index (κ1) is 53.5. The number of piperazine rings is 1. The van der Waals surface area contributed by atoms with Crippen molar-refractivity contribution in [3.05, 3.63) is 77.0 Å². The highest BCUT2D eigenvalue weighted by atomic mass is 19.1. The lowest BCUT2D eigenvalue weighted by atomic mass is 9.93. The molecule has 0 bridgehead atoms. The number of amides is 3. The van der Waals surface area contributed by atoms with Gasteiger partial charge in [-0.15, -0.1) is 0 Å². The number of anilines is 2. The van der Waals surface area contributed by atoms with Gasteiger partial charge < -0.3 is 43.8 Å². The van der Waals surface area contributed by atoms with Gasteiger partial charge in [0.1, 0.15) is 34.6 Å². The lowest BCUT2D eigenvalue weighted by Gasteiger charge is -2.44. The fourth-order valence-electron chi connectivity index (χ4n) is 13.6. The standard InChI is InChI=1S/C60H74F2N10O7/c1-4-44-48(61)9-6-39-29-43(79-37-77-3)30-46(51(39)44)53-52(62)54-47(31-63-53)55(71-19-5-16-59(2,76)34-71)66-58(65-54)78-36-60(17-18-60)35-68-20-12-38(13-21-68)32-67-22-14-41(15-23-67)69-24-26-70(27-25-69)42-7-8-45-40(28-42)33-72(57(45)75)49-10-11-50(73)64-56(49)74/h6-9,28-31,38,41,49,76H,4-5,10-27,32-37H2,1-3H3,(H,64,73,74)/t49-,59+/m0/s1. The van der Waals surface area contributed by atoms with E-state index in [9.17, 15) is 19.5 Å². The fourth-order valence-corrected chi connectivity index (χ4v) is 13.6. The molecular formula is C60H74F2N10O7. The van der Waals surface area contributed by atoms with E-state index in [0.29, 0.717) is 102 Å². The highest BCUT2D eigenvalue weighted by Gasteiger charge is 2.46. The van der Waals surface area contributed by atoms with E-state index < -0.39 is 17.5 Å². The first-order valence-corrected chi connectivity index (χ1v) is 28.8. The van der Waals surface area contributed by atoms with Crippen LogP contribution in [0.4, 0.5) is 20.3 Å². The van der Waals surface area contributed by atoms with Gasteiger partial charge in [-0.1, -0.05) is 13.0 Å². The van der Waals surface area contributed by atoms with Gasteiger partial charge in [-0.25, -0.2) is 8.78 Å². The maximum Gasteiger partial charge on any atom is 0.319 e. The average molecular weight is 1090 g/mol. The summed E-state index contributed by atoms with van der Waals surface area (Å²) < 4.78 is 50.4. The number of nitrogens with one attached hydrogen (secondary N) is 1. The van der Waals surface area contributed by atoms with Crippen molar-refractivity contribution in [1.82, 2.24) is 39.9 Å². The number of benzene rings is 3. The molecule has 3 amide bonds. The second-order valence-corrected chi connectivity index (χ2v) is 23.8. The molecule has 2 aromatic heterocycles. The summed E-state index contributed by atoms with van der Waals surface area (Å²) in [4.78, 5) is 65.9. The Kier molecular flexibility index (Phi) is 15.0. The third-order valence-electron chi connectivity index (χ3n) is 18.2. The van der Waals surface area contributed by atoms with Gasteiger partial charge in [0.15, 0.2) is 12.6 Å². The van der Waals surface area contributed by atoms with Gasteiger partial charge in [0, 0.05) is 107 Å². The second-order valence-electron chi connectivity index (χ2n) is 23.8. The van der Waals surface area contributed by atoms with Crippen LogP contribution in [0.25, 0.3) is 32.9 Å². The Bertz CT molecular complexity index is 3130. The van der Waals surface area contributed by atoms with Gasteiger partial charge in [0.2, 0.25) is 11.8 Å². The molecule has 420 valence electrons. The molecule has 3 aromatic carbocycles. The van der Waals surface area contributed by atoms with Crippen LogP contribution in [0.5, 0.6) is 11.8 Å². The van der Waals surface area contributed by atoms with Crippen LogP contribution in [0.15, 0.2) is 48.7 Å². The molecule has 1 saturated carbocycles. The molecule has 79 heavy (non-hydrogen) atoms. The molecule has 6 aliphatic heterocycles. The maximum atomic E-state index is 17.4. The number of aryl methyl sites for hydroxylation is 1. The number of carbonyl (C=O) groups is 3. The number of aliphatic hydroxyl groups is 1. The van der Waals surface area contributed by atoms with Crippen LogP contribution < -0.4 is 24.6 Å². The normalized spacial score (nSPS) is 23.7. The zero-order valence-electron chi connectivity index (χ0n) is 45.9. The topological polar surface area (TPSA) is 169 Å². The van der Waals surface area contributed by atoms with Gasteiger partial charge in [0.25, 0.3) is 5.91 Å². The summed E-state index contributed by atoms with van der Waals surface area (Å²) in [5.41, 5.74) is 2.61. The Morgan fingerprint density at radius 2 is 1.62 bits per heavy atom. The van der Waals surface area contributed by atoms with Crippen molar-refractivity contribution < 1.29 is 42.5 Å². The van der Waals surface area contributed by atoms with Crippen LogP contribution in [0.2, 0.25) is 0 Å². The number of hydrogen-bond donors (Lipinski definition) is 2. The number of likely N-dealkylation sites (tertiary alicyclic amines) is 2. The number of piperidine rings is 4. The lowest BCUT2D eigenvalue weighted by Crippen LogP contribution is -2.53. The summed E-state index contributed by atoms with van der Waals surface area (Å²) in [6.45, 7) is 15.7. The Morgan fingerprint density at radius 1 is 0.835 bits per heavy atom. The smallest absolute Gasteiger partial charge is 0.319 e. The number of ether oxygens (including phenoxy) is 3. The molecule has 2 N–H and O–H groups in total. The molecule has 8 heterocycles. The summed E-state index contributed by atoms with van der Waals surface area (Å²) in [6, 6.07) is 12.7. The largest absolute Gasteiger partial charge is 0.468 e. The van der Waals surface area contributed by atoms with Crippen LogP contribution in [-0.4, -0.2) is 174 Å². The molecule has 0 radical (unpaired) electrons. The molecule has 0 unspecified atom stereocenters. The fraction of sp³-hybridized carbons (Fsp3) is 0.567. The summed E-state index contributed by atoms with van der Waals surface area (Å²) in [5, 5.41) is 15.2. The third-order valence-corrected chi connectivity index (χ3v) is 18.2. The minimum atomic E-state index is -0.960. The van der Waals surface area contributed by atoms with E-state index in [1.54, 1.807) is 29.3 Å². The van der Waals surface area contributed by atoms with Crippen LogP contribution >= 0.6 is 0 Å². The van der Waals surface area contributed by atoms with E-state index in [1.807, 2.05) is 30.9 Å². The van der Waals surface area contributed by atoms with Crippen molar-refractivity contribution >= 4 is 50.9 Å². The molecule has 1 aliphatic carbocycles. The minimum absolute atomic E-state index is 0.0123. The van der Waals surface area contributed by atoms with Crippen LogP contribution in [0, 0.1) is 23.0 Å². The van der Waals surface area contributed by atoms with E-state index in [4.69, 9.17) is 29.2 Å². The number of β-amino-alcohol motifs (C(OH)–C–C–N with tert-alkyl or cyclic N) is 1. The van der Waals surface area contributed by atoms with E-state index >= 15 is 8.78 Å². The van der Waals surface area contributed by atoms with Crippen LogP contribution in [-0.2, 0) is 27.3 Å². The summed E-state index contributed by atoms with van der Waals surface area (Å²) in [7, 11) is 1.52. The second kappa shape index (κ2) is 22.1. The summed E-state index contributed by atoms with van der Waals surface area (Å²) in [5.74, 6) is -0.287. The molecule has 19 heteroatoms. The number of aromatic nitrogens is 3. The molecule has 17 nitrogen and oxygen atoms in total. The van der Waals surface area contributed by atoms with Crippen molar-refractivity contribution in [1.29, 1.82) is 0 Å². The van der Waals surface area contributed by atoms with Crippen molar-refractivity contribution in [2.75, 3.05) is 109 Å². The predicted molar refractivity (Wildman–Crippen MR) is 296 cm³/mol. The van der Waals surface area contributed by atoms with Crippen molar-refractivity contribution in [2.45, 2.75) is 109 Å². The molecule has 7 aliphatic rings. The van der Waals surface area contributed by atoms with Crippen molar-refractivity contribution in [3.8, 4) is 23.0 Å². The number of hydrogen-bond acceptors (Lipinski definition) is 15. The first-order chi connectivity index (χ1) is 38.2. The van der Waals surface area contributed by atoms with Crippen LogP contribution in [0.3, 0.4) is 0 Å². The molecular weight excluding hydrogens is 1010 g/mol. The van der Waals surface area contributed by atoms with Crippen LogP contribution in [0.1, 0.15) is 99.5 Å². The van der Waals surface area contributed by atoms with Crippen molar-refractivity contribution in [3.63, 3.8) is 0 Å². The Balaban J connectivity index is 0.646. The summed E-state index contributed by atoms with van der Waals surface area (Å²) >= 11 is 0. The third kappa shape index (κ3) is 11.1. The van der Waals surface area contributed by atoms with E-state index in [0.717, 1.165) is 96.0 Å². The van der Waals surface area contributed by atoms with Gasteiger partial charge in [-0.2, -0.15) is 9.97 Å². The minimum Gasteiger partial charge on any atom is -0.468 e. The molecule has 0 spiro atoms. The number of carbonyl (C=O) groups excluding carboxylic acids is 3. The highest BCUT2D eigenvalue weighted by molar-refractivity contribution is 6.06. The molecule has 2 atom stereocenters. The van der Waals surface area contributed by atoms with E-state index in [-0.39, 0.29) is 59.4 Å². The van der Waals surface area contributed by atoms with Gasteiger partial charge in [-0.05, 0) is 162 Å². The number of imide groups is 1. The number of halogens is 2. The number of pyridine rings is 1. The van der Waals surface area contributed by atoms with Crippen molar-refractivity contribution in [2.24, 2.45) is 11.3 Å². The first-order valence-electron chi connectivity index (χ1n) is 28.8. The zero-order valence-corrected chi connectivity index (χ0v) is 45.9. The van der Waals surface area contributed by atoms with Gasteiger partial charge >= 0.3 is 6.01 Å². The number of nitrogens with zero attached hydrogens (tertiary/aromatic N) is 9. The Hall–Kier alpha value is -6.12. The molecule has 6 fully saturated rings. The summed E-state index contributed by atoms with van der Waals surface area (Å²) in [6.07, 6.45) is 10.7. The zero-order chi connectivity index (χ0) is 54.6.